The third-order valence-electron chi connectivity index (χ3n) is 7.02. The molecule has 0 saturated heterocycles. The van der Waals surface area contributed by atoms with Crippen molar-refractivity contribution < 1.29 is 23.0 Å². The Kier molecular flexibility index (Phi) is 9.04. The van der Waals surface area contributed by atoms with Gasteiger partial charge < -0.3 is 19.6 Å². The van der Waals surface area contributed by atoms with Crippen LogP contribution in [0.4, 0.5) is 0 Å². The molecule has 0 unspecified atom stereocenters. The van der Waals surface area contributed by atoms with Crippen molar-refractivity contribution in [3.8, 4) is 11.5 Å². The van der Waals surface area contributed by atoms with Gasteiger partial charge in [0, 0.05) is 36.7 Å². The third kappa shape index (κ3) is 7.16. The van der Waals surface area contributed by atoms with E-state index in [0.29, 0.717) is 31.8 Å². The highest BCUT2D eigenvalue weighted by Crippen LogP contribution is 2.25. The van der Waals surface area contributed by atoms with Crippen LogP contribution in [0.1, 0.15) is 11.1 Å². The van der Waals surface area contributed by atoms with Crippen LogP contribution in [0.15, 0.2) is 119 Å². The second-order valence-corrected chi connectivity index (χ2v) is 11.9. The number of ether oxygens (including phenoxy) is 2. The summed E-state index contributed by atoms with van der Waals surface area (Å²) in [6.45, 7) is 1.97. The molecule has 0 radical (unpaired) electrons. The Balaban J connectivity index is 1.22. The third-order valence-corrected chi connectivity index (χ3v) is 8.81. The molecule has 0 aliphatic heterocycles. The number of H-pyrrole nitrogens is 1. The molecule has 5 aromatic rings. The van der Waals surface area contributed by atoms with Crippen LogP contribution in [0.3, 0.4) is 0 Å². The lowest BCUT2D eigenvalue weighted by molar-refractivity contribution is 0.0665. The van der Waals surface area contributed by atoms with Crippen LogP contribution >= 0.6 is 0 Å². The highest BCUT2D eigenvalue weighted by atomic mass is 32.2. The molecule has 0 aliphatic rings. The van der Waals surface area contributed by atoms with Gasteiger partial charge in [0.05, 0.1) is 16.9 Å². The lowest BCUT2D eigenvalue weighted by Crippen LogP contribution is -2.36. The Morgan fingerprint density at radius 3 is 2.24 bits per heavy atom. The Bertz CT molecular complexity index is 1650. The van der Waals surface area contributed by atoms with Crippen molar-refractivity contribution in [2.45, 2.75) is 28.9 Å². The van der Waals surface area contributed by atoms with E-state index in [9.17, 15) is 13.5 Å². The molecule has 8 heteroatoms. The van der Waals surface area contributed by atoms with Crippen molar-refractivity contribution in [3.05, 3.63) is 120 Å². The maximum atomic E-state index is 13.1. The first-order chi connectivity index (χ1) is 19.9. The molecular weight excluding hydrogens is 536 g/mol. The number of aliphatic hydroxyl groups is 1. The molecule has 0 bridgehead atoms. The van der Waals surface area contributed by atoms with Crippen molar-refractivity contribution >= 4 is 20.7 Å². The number of nitrogens with one attached hydrogen (secondary N) is 1. The van der Waals surface area contributed by atoms with Gasteiger partial charge in [-0.1, -0.05) is 48.5 Å². The number of aliphatic hydroxyl groups excluding tert-OH is 1. The largest absolute Gasteiger partial charge is 0.497 e. The molecule has 1 atom stereocenters. The van der Waals surface area contributed by atoms with E-state index >= 15 is 0 Å². The molecule has 0 aliphatic carbocycles. The molecule has 2 N–H and O–H groups in total. The van der Waals surface area contributed by atoms with Crippen molar-refractivity contribution in [1.82, 2.24) is 9.88 Å². The van der Waals surface area contributed by atoms with Crippen molar-refractivity contribution in [3.63, 3.8) is 0 Å². The quantitative estimate of drug-likeness (QED) is 0.194. The maximum Gasteiger partial charge on any atom is 0.206 e. The van der Waals surface area contributed by atoms with Gasteiger partial charge in [-0.05, 0) is 72.1 Å². The predicted molar refractivity (Wildman–Crippen MR) is 160 cm³/mol. The van der Waals surface area contributed by atoms with Crippen LogP contribution < -0.4 is 9.47 Å². The van der Waals surface area contributed by atoms with E-state index in [1.54, 1.807) is 43.5 Å². The fraction of sp³-hybridized carbons (Fsp3) is 0.212. The molecule has 0 saturated carbocycles. The van der Waals surface area contributed by atoms with E-state index in [1.807, 2.05) is 60.8 Å². The van der Waals surface area contributed by atoms with Gasteiger partial charge in [0.15, 0.2) is 0 Å². The SMILES string of the molecule is COc1ccc(S(=O)(=O)c2ccc(CCN(Cc3ccccc3)C[C@H](O)COc3cccc4[nH]ccc34)cc2)cc1. The van der Waals surface area contributed by atoms with Gasteiger partial charge >= 0.3 is 0 Å². The molecule has 41 heavy (non-hydrogen) atoms. The topological polar surface area (TPSA) is 91.9 Å². The second-order valence-electron chi connectivity index (χ2n) is 9.95. The van der Waals surface area contributed by atoms with E-state index < -0.39 is 15.9 Å². The van der Waals surface area contributed by atoms with Gasteiger partial charge in [-0.25, -0.2) is 8.42 Å². The molecule has 4 aromatic carbocycles. The van der Waals surface area contributed by atoms with Crippen LogP contribution in [0, 0.1) is 0 Å². The van der Waals surface area contributed by atoms with Crippen LogP contribution in [0.2, 0.25) is 0 Å². The number of rotatable bonds is 13. The summed E-state index contributed by atoms with van der Waals surface area (Å²) in [7, 11) is -2.08. The number of nitrogens with zero attached hydrogens (tertiary/aromatic N) is 1. The summed E-state index contributed by atoms with van der Waals surface area (Å²) in [5, 5.41) is 11.9. The van der Waals surface area contributed by atoms with Gasteiger partial charge in [0.25, 0.3) is 0 Å². The highest BCUT2D eigenvalue weighted by molar-refractivity contribution is 7.91. The van der Waals surface area contributed by atoms with Crippen LogP contribution in [0.25, 0.3) is 10.9 Å². The zero-order valence-corrected chi connectivity index (χ0v) is 23.8. The van der Waals surface area contributed by atoms with Crippen molar-refractivity contribution in [1.29, 1.82) is 0 Å². The van der Waals surface area contributed by atoms with Crippen molar-refractivity contribution in [2.24, 2.45) is 0 Å². The molecule has 5 rings (SSSR count). The summed E-state index contributed by atoms with van der Waals surface area (Å²) in [6.07, 6.45) is 1.88. The average Bonchev–Trinajstić information content (AvgIpc) is 3.49. The molecular formula is C33H34N2O5S. The summed E-state index contributed by atoms with van der Waals surface area (Å²) >= 11 is 0. The molecule has 1 aromatic heterocycles. The van der Waals surface area contributed by atoms with E-state index in [0.717, 1.165) is 27.8 Å². The minimum Gasteiger partial charge on any atom is -0.497 e. The van der Waals surface area contributed by atoms with Gasteiger partial charge in [-0.3, -0.25) is 4.90 Å². The Morgan fingerprint density at radius 2 is 1.54 bits per heavy atom. The van der Waals surface area contributed by atoms with E-state index in [2.05, 4.69) is 22.0 Å². The number of fused-ring (bicyclic) bond motifs is 1. The number of methoxy groups -OCH3 is 1. The normalized spacial score (nSPS) is 12.5. The monoisotopic (exact) mass is 570 g/mol. The maximum absolute atomic E-state index is 13.1. The molecule has 0 amide bonds. The van der Waals surface area contributed by atoms with Gasteiger partial charge in [0.2, 0.25) is 9.84 Å². The van der Waals surface area contributed by atoms with Crippen LogP contribution in [0.5, 0.6) is 11.5 Å². The first-order valence-corrected chi connectivity index (χ1v) is 15.0. The first-order valence-electron chi connectivity index (χ1n) is 13.5. The highest BCUT2D eigenvalue weighted by Gasteiger charge is 2.18. The number of hydrogen-bond acceptors (Lipinski definition) is 6. The zero-order valence-electron chi connectivity index (χ0n) is 22.9. The Labute approximate surface area is 240 Å². The summed E-state index contributed by atoms with van der Waals surface area (Å²) < 4.78 is 37.3. The average molecular weight is 571 g/mol. The summed E-state index contributed by atoms with van der Waals surface area (Å²) in [5.74, 6) is 1.34. The summed E-state index contributed by atoms with van der Waals surface area (Å²) in [6, 6.07) is 31.3. The van der Waals surface area contributed by atoms with E-state index in [4.69, 9.17) is 9.47 Å². The minimum atomic E-state index is -3.62. The fourth-order valence-corrected chi connectivity index (χ4v) is 6.07. The smallest absolute Gasteiger partial charge is 0.206 e. The number of aromatic nitrogens is 1. The van der Waals surface area contributed by atoms with Crippen molar-refractivity contribution in [2.75, 3.05) is 26.8 Å². The number of sulfone groups is 1. The molecule has 7 nitrogen and oxygen atoms in total. The van der Waals surface area contributed by atoms with E-state index in [1.165, 1.54) is 0 Å². The standard InChI is InChI=1S/C33H34N2O5S/c1-39-28-12-16-30(17-13-28)41(37,38)29-14-10-25(11-15-29)19-21-35(22-26-6-3-2-4-7-26)23-27(36)24-40-33-9-5-8-32-31(33)18-20-34-32/h2-18,20,27,34,36H,19,21-24H2,1H3/t27-/m0/s1. The number of hydrogen-bond donors (Lipinski definition) is 2. The molecule has 0 spiro atoms. The lowest BCUT2D eigenvalue weighted by Gasteiger charge is -2.25. The Morgan fingerprint density at radius 1 is 0.829 bits per heavy atom. The molecule has 1 heterocycles. The number of benzene rings is 4. The van der Waals surface area contributed by atoms with Crippen LogP contribution in [-0.4, -0.2) is 56.3 Å². The Hall–Kier alpha value is -4.11. The van der Waals surface area contributed by atoms with E-state index in [-0.39, 0.29) is 16.4 Å². The van der Waals surface area contributed by atoms with Gasteiger partial charge in [-0.2, -0.15) is 0 Å². The fourth-order valence-electron chi connectivity index (χ4n) is 4.81. The summed E-state index contributed by atoms with van der Waals surface area (Å²) in [4.78, 5) is 5.85. The minimum absolute atomic E-state index is 0.174. The van der Waals surface area contributed by atoms with Crippen LogP contribution in [-0.2, 0) is 22.8 Å². The summed E-state index contributed by atoms with van der Waals surface area (Å²) in [5.41, 5.74) is 3.16. The molecule has 0 fully saturated rings. The van der Waals surface area contributed by atoms with Gasteiger partial charge in [0.1, 0.15) is 24.2 Å². The first kappa shape index (κ1) is 28.4. The molecule has 212 valence electrons. The zero-order chi connectivity index (χ0) is 28.7. The number of aromatic amines is 1. The second kappa shape index (κ2) is 13.0. The van der Waals surface area contributed by atoms with Gasteiger partial charge in [-0.15, -0.1) is 0 Å². The predicted octanol–water partition coefficient (Wildman–Crippen LogP) is 5.49. The lowest BCUT2D eigenvalue weighted by atomic mass is 10.1.